The summed E-state index contributed by atoms with van der Waals surface area (Å²) in [5, 5.41) is 22.1. The van der Waals surface area contributed by atoms with Gasteiger partial charge in [0.15, 0.2) is 11.5 Å². The predicted molar refractivity (Wildman–Crippen MR) is 116 cm³/mol. The number of hydrogen-bond acceptors (Lipinski definition) is 8. The molecule has 11 heteroatoms. The molecule has 4 N–H and O–H groups in total. The third-order valence-electron chi connectivity index (χ3n) is 4.21. The van der Waals surface area contributed by atoms with Gasteiger partial charge in [-0.3, -0.25) is 19.3 Å². The first-order valence-corrected chi connectivity index (χ1v) is 9.34. The maximum absolute atomic E-state index is 13.1. The van der Waals surface area contributed by atoms with E-state index in [1.165, 1.54) is 31.0 Å². The molecule has 2 aromatic rings. The highest BCUT2D eigenvalue weighted by Crippen LogP contribution is 2.20. The summed E-state index contributed by atoms with van der Waals surface area (Å²) in [5.41, 5.74) is 1.11. The van der Waals surface area contributed by atoms with Gasteiger partial charge in [-0.25, -0.2) is 9.97 Å². The lowest BCUT2D eigenvalue weighted by atomic mass is 10.2. The van der Waals surface area contributed by atoms with Crippen molar-refractivity contribution in [2.24, 2.45) is 12.0 Å². The summed E-state index contributed by atoms with van der Waals surface area (Å²) in [6.07, 6.45) is 12.1. The summed E-state index contributed by atoms with van der Waals surface area (Å²) in [7, 11) is 3.07. The average molecular weight is 422 g/mol. The summed E-state index contributed by atoms with van der Waals surface area (Å²) >= 11 is 0. The maximum atomic E-state index is 13.1. The number of aromatic nitrogens is 4. The highest BCUT2D eigenvalue weighted by molar-refractivity contribution is 6.09. The van der Waals surface area contributed by atoms with Crippen LogP contribution in [0.15, 0.2) is 53.6 Å². The predicted octanol–water partition coefficient (Wildman–Crippen LogP) is 1.33. The van der Waals surface area contributed by atoms with Crippen molar-refractivity contribution < 1.29 is 14.7 Å². The van der Waals surface area contributed by atoms with Crippen LogP contribution in [0.5, 0.6) is 0 Å². The minimum absolute atomic E-state index is 0.0685. The SMILES string of the molecule is CNC(=O)c1c(NC(=O)c2nc(C(C)O)cnc2NC2=C/C=C/C=C/N=C\2)cnn1C. The number of amides is 2. The maximum Gasteiger partial charge on any atom is 0.278 e. The molecule has 31 heavy (non-hydrogen) atoms. The van der Waals surface area contributed by atoms with E-state index in [1.54, 1.807) is 43.8 Å². The molecule has 0 bridgehead atoms. The number of aliphatic hydroxyl groups is 1. The van der Waals surface area contributed by atoms with E-state index >= 15 is 0 Å². The van der Waals surface area contributed by atoms with E-state index < -0.39 is 17.9 Å². The van der Waals surface area contributed by atoms with Gasteiger partial charge in [0.2, 0.25) is 0 Å². The third-order valence-corrected chi connectivity index (χ3v) is 4.21. The molecule has 2 amide bonds. The third kappa shape index (κ3) is 5.08. The van der Waals surface area contributed by atoms with Gasteiger partial charge in [0.05, 0.1) is 41.8 Å². The van der Waals surface area contributed by atoms with Crippen molar-refractivity contribution in [2.75, 3.05) is 17.7 Å². The van der Waals surface area contributed by atoms with Crippen LogP contribution in [0.1, 0.15) is 39.7 Å². The van der Waals surface area contributed by atoms with E-state index in [0.29, 0.717) is 5.70 Å². The van der Waals surface area contributed by atoms with E-state index in [2.05, 4.69) is 36.0 Å². The van der Waals surface area contributed by atoms with Gasteiger partial charge in [-0.1, -0.05) is 12.2 Å². The second kappa shape index (κ2) is 9.59. The van der Waals surface area contributed by atoms with Crippen molar-refractivity contribution in [3.63, 3.8) is 0 Å². The molecule has 0 aromatic carbocycles. The lowest BCUT2D eigenvalue weighted by molar-refractivity contribution is 0.0954. The van der Waals surface area contributed by atoms with Crippen LogP contribution < -0.4 is 16.0 Å². The van der Waals surface area contributed by atoms with Crippen LogP contribution in [-0.2, 0) is 7.05 Å². The number of allylic oxidation sites excluding steroid dienone is 5. The Morgan fingerprint density at radius 2 is 1.97 bits per heavy atom. The van der Waals surface area contributed by atoms with Gasteiger partial charge in [-0.2, -0.15) is 5.10 Å². The molecule has 1 aliphatic heterocycles. The van der Waals surface area contributed by atoms with Crippen LogP contribution in [0.25, 0.3) is 0 Å². The minimum Gasteiger partial charge on any atom is -0.387 e. The van der Waals surface area contributed by atoms with Crippen molar-refractivity contribution in [3.05, 3.63) is 65.7 Å². The Labute approximate surface area is 178 Å². The normalized spacial score (nSPS) is 18.5. The van der Waals surface area contributed by atoms with Crippen LogP contribution in [0.3, 0.4) is 0 Å². The Morgan fingerprint density at radius 3 is 2.71 bits per heavy atom. The number of nitrogens with one attached hydrogen (secondary N) is 3. The number of aliphatic imine (C=N–C) groups is 1. The molecule has 1 aliphatic rings. The summed E-state index contributed by atoms with van der Waals surface area (Å²) in [4.78, 5) is 37.8. The first-order valence-electron chi connectivity index (χ1n) is 9.34. The number of carbonyl (C=O) groups excluding carboxylic acids is 2. The zero-order valence-electron chi connectivity index (χ0n) is 17.2. The Kier molecular flexibility index (Phi) is 6.67. The van der Waals surface area contributed by atoms with Gasteiger partial charge in [0.25, 0.3) is 11.8 Å². The summed E-state index contributed by atoms with van der Waals surface area (Å²) in [6, 6.07) is 0. The molecule has 3 heterocycles. The van der Waals surface area contributed by atoms with Crippen LogP contribution in [-0.4, -0.2) is 49.9 Å². The lowest BCUT2D eigenvalue weighted by Gasteiger charge is -2.13. The number of hydrogen-bond donors (Lipinski definition) is 4. The van der Waals surface area contributed by atoms with Crippen molar-refractivity contribution in [2.45, 2.75) is 13.0 Å². The van der Waals surface area contributed by atoms with E-state index in [1.807, 2.05) is 0 Å². The summed E-state index contributed by atoms with van der Waals surface area (Å²) in [6.45, 7) is 1.52. The molecular weight excluding hydrogens is 400 g/mol. The average Bonchev–Trinajstić information content (AvgIpc) is 3.09. The molecule has 160 valence electrons. The fourth-order valence-corrected chi connectivity index (χ4v) is 2.65. The van der Waals surface area contributed by atoms with E-state index in [9.17, 15) is 14.7 Å². The van der Waals surface area contributed by atoms with E-state index in [4.69, 9.17) is 0 Å². The first-order chi connectivity index (χ1) is 14.9. The molecule has 1 unspecified atom stereocenters. The highest BCUT2D eigenvalue weighted by atomic mass is 16.3. The van der Waals surface area contributed by atoms with Crippen molar-refractivity contribution >= 4 is 29.5 Å². The number of anilines is 2. The zero-order chi connectivity index (χ0) is 22.4. The number of rotatable bonds is 6. The van der Waals surface area contributed by atoms with Crippen molar-refractivity contribution in [1.82, 2.24) is 25.1 Å². The highest BCUT2D eigenvalue weighted by Gasteiger charge is 2.22. The molecule has 0 saturated carbocycles. The van der Waals surface area contributed by atoms with Crippen LogP contribution in [0, 0.1) is 0 Å². The molecule has 2 aromatic heterocycles. The molecule has 11 nitrogen and oxygen atoms in total. The second-order valence-electron chi connectivity index (χ2n) is 6.48. The van der Waals surface area contributed by atoms with Gasteiger partial charge >= 0.3 is 0 Å². The second-order valence-corrected chi connectivity index (χ2v) is 6.48. The lowest BCUT2D eigenvalue weighted by Crippen LogP contribution is -2.24. The minimum atomic E-state index is -0.928. The van der Waals surface area contributed by atoms with Crippen LogP contribution in [0.4, 0.5) is 11.5 Å². The van der Waals surface area contributed by atoms with E-state index in [0.717, 1.165) is 0 Å². The topological polar surface area (TPSA) is 146 Å². The summed E-state index contributed by atoms with van der Waals surface area (Å²) < 4.78 is 1.35. The zero-order valence-corrected chi connectivity index (χ0v) is 17.2. The molecule has 0 spiro atoms. The van der Waals surface area contributed by atoms with Crippen molar-refractivity contribution in [3.8, 4) is 0 Å². The Hall–Kier alpha value is -4.12. The van der Waals surface area contributed by atoms with Gasteiger partial charge < -0.3 is 21.1 Å². The smallest absolute Gasteiger partial charge is 0.278 e. The summed E-state index contributed by atoms with van der Waals surface area (Å²) in [5.74, 6) is -0.884. The van der Waals surface area contributed by atoms with Gasteiger partial charge in [-0.05, 0) is 19.1 Å². The van der Waals surface area contributed by atoms with Gasteiger partial charge in [-0.15, -0.1) is 0 Å². The molecule has 0 saturated heterocycles. The monoisotopic (exact) mass is 422 g/mol. The molecule has 0 radical (unpaired) electrons. The molecular formula is C20H22N8O3. The molecule has 1 atom stereocenters. The number of carbonyl (C=O) groups is 2. The standard InChI is InChI=1S/C20H22N8O3/c1-12(29)14-10-23-18(25-13-7-5-4-6-8-22-9-13)16(26-14)19(30)27-15-11-24-28(3)17(15)20(31)21-2/h4-12,29H,1-3H3,(H,21,31)(H,23,25)(H,27,30)/b5-4+,6-4?,7-5?,8-6+,13-7+,13-9?,22-8?,22-9-. The fraction of sp³-hybridized carbons (Fsp3) is 0.200. The fourth-order valence-electron chi connectivity index (χ4n) is 2.65. The number of aliphatic hydroxyl groups excluding tert-OH is 1. The molecule has 0 aliphatic carbocycles. The van der Waals surface area contributed by atoms with Gasteiger partial charge in [0.1, 0.15) is 5.69 Å². The molecule has 3 rings (SSSR count). The number of nitrogens with zero attached hydrogens (tertiary/aromatic N) is 5. The van der Waals surface area contributed by atoms with E-state index in [-0.39, 0.29) is 28.6 Å². The largest absolute Gasteiger partial charge is 0.387 e. The quantitative estimate of drug-likeness (QED) is 0.549. The van der Waals surface area contributed by atoms with Gasteiger partial charge in [0, 0.05) is 20.3 Å². The first kappa shape index (κ1) is 21.6. The van der Waals surface area contributed by atoms with Crippen molar-refractivity contribution in [1.29, 1.82) is 0 Å². The Bertz CT molecular complexity index is 1110. The number of aryl methyl sites for hydroxylation is 1. The van der Waals surface area contributed by atoms with Crippen LogP contribution in [0.2, 0.25) is 0 Å². The Balaban J connectivity index is 1.96. The molecule has 0 fully saturated rings. The Morgan fingerprint density at radius 1 is 1.16 bits per heavy atom. The van der Waals surface area contributed by atoms with Crippen LogP contribution >= 0.6 is 0 Å².